The minimum absolute atomic E-state index is 0.140. The van der Waals surface area contributed by atoms with E-state index in [1.165, 1.54) is 212 Å². The first-order valence-corrected chi connectivity index (χ1v) is 24.3. The lowest BCUT2D eigenvalue weighted by Crippen LogP contribution is -2.50. The molecule has 0 fully saturated rings. The first-order chi connectivity index (χ1) is 26.1. The average Bonchev–Trinajstić information content (AvgIpc) is 3.16. The summed E-state index contributed by atoms with van der Waals surface area (Å²) >= 11 is 0. The van der Waals surface area contributed by atoms with Gasteiger partial charge in [-0.3, -0.25) is 4.79 Å². The van der Waals surface area contributed by atoms with Crippen LogP contribution in [0.15, 0.2) is 0 Å². The molecule has 0 aromatic heterocycles. The zero-order valence-electron chi connectivity index (χ0n) is 36.2. The van der Waals surface area contributed by atoms with Crippen LogP contribution in [0.2, 0.25) is 0 Å². The van der Waals surface area contributed by atoms with Crippen LogP contribution in [0.1, 0.15) is 277 Å². The van der Waals surface area contributed by atoms with E-state index in [-0.39, 0.29) is 12.5 Å². The van der Waals surface area contributed by atoms with Crippen LogP contribution in [0.3, 0.4) is 0 Å². The number of carbonyl (C=O) groups excluding carboxylic acids is 1. The van der Waals surface area contributed by atoms with Crippen molar-refractivity contribution in [1.82, 2.24) is 5.32 Å². The molecule has 0 aliphatic rings. The Morgan fingerprint density at radius 1 is 0.396 bits per heavy atom. The number of aliphatic hydroxyl groups is 3. The summed E-state index contributed by atoms with van der Waals surface area (Å²) in [7, 11) is 0. The van der Waals surface area contributed by atoms with Gasteiger partial charge in [-0.2, -0.15) is 0 Å². The second-order valence-electron chi connectivity index (χ2n) is 17.0. The molecule has 5 heteroatoms. The van der Waals surface area contributed by atoms with E-state index in [0.29, 0.717) is 12.8 Å². The quantitative estimate of drug-likeness (QED) is 0.0466. The lowest BCUT2D eigenvalue weighted by atomic mass is 9.99. The molecule has 0 aromatic rings. The Morgan fingerprint density at radius 3 is 0.906 bits per heavy atom. The van der Waals surface area contributed by atoms with Gasteiger partial charge in [0.05, 0.1) is 18.8 Å². The minimum atomic E-state index is -1.13. The van der Waals surface area contributed by atoms with Gasteiger partial charge in [0.1, 0.15) is 6.10 Å². The van der Waals surface area contributed by atoms with Gasteiger partial charge in [-0.15, -0.1) is 0 Å². The molecule has 0 aliphatic carbocycles. The van der Waals surface area contributed by atoms with E-state index < -0.39 is 18.2 Å². The Hall–Kier alpha value is -0.650. The van der Waals surface area contributed by atoms with Crippen molar-refractivity contribution in [1.29, 1.82) is 0 Å². The van der Waals surface area contributed by atoms with Crippen LogP contribution in [-0.2, 0) is 4.79 Å². The fraction of sp³-hybridized carbons (Fsp3) is 0.979. The first-order valence-electron chi connectivity index (χ1n) is 24.3. The summed E-state index contributed by atoms with van der Waals surface area (Å²) in [6, 6.07) is -0.801. The van der Waals surface area contributed by atoms with E-state index in [4.69, 9.17) is 0 Å². The number of unbranched alkanes of at least 4 members (excludes halogenated alkanes) is 37. The molecule has 0 aliphatic heterocycles. The molecule has 0 bridgehead atoms. The lowest BCUT2D eigenvalue weighted by molar-refractivity contribution is -0.124. The second-order valence-corrected chi connectivity index (χ2v) is 17.0. The highest BCUT2D eigenvalue weighted by Gasteiger charge is 2.26. The Bertz CT molecular complexity index is 703. The van der Waals surface area contributed by atoms with Crippen molar-refractivity contribution in [2.75, 3.05) is 6.61 Å². The summed E-state index contributed by atoms with van der Waals surface area (Å²) < 4.78 is 0. The predicted molar refractivity (Wildman–Crippen MR) is 232 cm³/mol. The van der Waals surface area contributed by atoms with Gasteiger partial charge in [0.15, 0.2) is 0 Å². The molecule has 0 rings (SSSR count). The van der Waals surface area contributed by atoms with Crippen molar-refractivity contribution in [2.24, 2.45) is 0 Å². The number of hydrogen-bond acceptors (Lipinski definition) is 4. The van der Waals surface area contributed by atoms with Crippen molar-refractivity contribution in [3.05, 3.63) is 0 Å². The molecule has 0 saturated carbocycles. The van der Waals surface area contributed by atoms with Crippen LogP contribution >= 0.6 is 0 Å². The average molecular weight is 752 g/mol. The molecule has 318 valence electrons. The maximum atomic E-state index is 12.4. The van der Waals surface area contributed by atoms with Gasteiger partial charge in [0, 0.05) is 6.42 Å². The molecule has 4 N–H and O–H groups in total. The van der Waals surface area contributed by atoms with Gasteiger partial charge >= 0.3 is 0 Å². The van der Waals surface area contributed by atoms with Crippen LogP contribution < -0.4 is 5.32 Å². The van der Waals surface area contributed by atoms with E-state index in [1.54, 1.807) is 0 Å². The van der Waals surface area contributed by atoms with Gasteiger partial charge < -0.3 is 20.6 Å². The van der Waals surface area contributed by atoms with Crippen molar-refractivity contribution in [3.63, 3.8) is 0 Å². The second kappa shape index (κ2) is 44.1. The van der Waals surface area contributed by atoms with Gasteiger partial charge in [0.2, 0.25) is 5.91 Å². The van der Waals surface area contributed by atoms with Crippen LogP contribution in [0.25, 0.3) is 0 Å². The molecule has 3 unspecified atom stereocenters. The lowest BCUT2D eigenvalue weighted by Gasteiger charge is -2.26. The maximum Gasteiger partial charge on any atom is 0.220 e. The summed E-state index contributed by atoms with van der Waals surface area (Å²) in [5, 5.41) is 33.4. The van der Waals surface area contributed by atoms with Crippen molar-refractivity contribution >= 4 is 5.91 Å². The monoisotopic (exact) mass is 752 g/mol. The largest absolute Gasteiger partial charge is 0.394 e. The summed E-state index contributed by atoms with van der Waals surface area (Å²) in [6.07, 6.45) is 51.1. The Kier molecular flexibility index (Phi) is 43.5. The fourth-order valence-electron chi connectivity index (χ4n) is 7.93. The Morgan fingerprint density at radius 2 is 0.642 bits per heavy atom. The molecule has 0 saturated heterocycles. The highest BCUT2D eigenvalue weighted by molar-refractivity contribution is 5.76. The molecule has 3 atom stereocenters. The van der Waals surface area contributed by atoms with Crippen molar-refractivity contribution < 1.29 is 20.1 Å². The van der Waals surface area contributed by atoms with Crippen LogP contribution in [0.5, 0.6) is 0 Å². The topological polar surface area (TPSA) is 89.8 Å². The van der Waals surface area contributed by atoms with E-state index in [2.05, 4.69) is 19.2 Å². The highest BCUT2D eigenvalue weighted by atomic mass is 16.3. The third-order valence-corrected chi connectivity index (χ3v) is 11.7. The highest BCUT2D eigenvalue weighted by Crippen LogP contribution is 2.18. The number of rotatable bonds is 45. The van der Waals surface area contributed by atoms with Crippen molar-refractivity contribution in [3.8, 4) is 0 Å². The minimum Gasteiger partial charge on any atom is -0.394 e. The van der Waals surface area contributed by atoms with E-state index in [1.807, 2.05) is 0 Å². The van der Waals surface area contributed by atoms with Gasteiger partial charge in [-0.25, -0.2) is 0 Å². The Balaban J connectivity index is 3.42. The first kappa shape index (κ1) is 52.3. The molecule has 5 nitrogen and oxygen atoms in total. The van der Waals surface area contributed by atoms with Crippen LogP contribution in [0, 0.1) is 0 Å². The van der Waals surface area contributed by atoms with Crippen LogP contribution in [-0.4, -0.2) is 46.1 Å². The standard InChI is InChI=1S/C48H97NO4/c1-3-5-7-9-11-13-14-15-16-17-18-19-20-21-22-23-24-25-26-27-28-29-30-31-32-33-35-37-39-41-43-47(52)49-45(44-50)48(53)46(51)42-40-38-36-34-12-10-8-6-4-2/h45-46,48,50-51,53H,3-44H2,1-2H3,(H,49,52). The zero-order valence-corrected chi connectivity index (χ0v) is 36.2. The molecule has 1 amide bonds. The van der Waals surface area contributed by atoms with E-state index in [9.17, 15) is 20.1 Å². The smallest absolute Gasteiger partial charge is 0.220 e. The fourth-order valence-corrected chi connectivity index (χ4v) is 7.93. The van der Waals surface area contributed by atoms with Gasteiger partial charge in [-0.05, 0) is 12.8 Å². The number of hydrogen-bond donors (Lipinski definition) is 4. The molecule has 53 heavy (non-hydrogen) atoms. The van der Waals surface area contributed by atoms with Crippen molar-refractivity contribution in [2.45, 2.75) is 295 Å². The molecular weight excluding hydrogens is 655 g/mol. The predicted octanol–water partition coefficient (Wildman–Crippen LogP) is 14.2. The molecule has 0 spiro atoms. The molecular formula is C48H97NO4. The Labute approximate surface area is 332 Å². The number of amides is 1. The number of carbonyl (C=O) groups is 1. The van der Waals surface area contributed by atoms with E-state index >= 15 is 0 Å². The van der Waals surface area contributed by atoms with Crippen LogP contribution in [0.4, 0.5) is 0 Å². The molecule has 0 heterocycles. The molecule has 0 aromatic carbocycles. The third-order valence-electron chi connectivity index (χ3n) is 11.7. The van der Waals surface area contributed by atoms with Gasteiger partial charge in [0.25, 0.3) is 0 Å². The SMILES string of the molecule is CCCCCCCCCCCCCCCCCCCCCCCCCCCCCCCCC(=O)NC(CO)C(O)C(O)CCCCCCCCCCC. The third kappa shape index (κ3) is 39.4. The maximum absolute atomic E-state index is 12.4. The number of aliphatic hydroxyl groups excluding tert-OH is 3. The summed E-state index contributed by atoms with van der Waals surface area (Å²) in [4.78, 5) is 12.4. The zero-order chi connectivity index (χ0) is 38.7. The number of nitrogens with one attached hydrogen (secondary N) is 1. The molecule has 0 radical (unpaired) electrons. The van der Waals surface area contributed by atoms with E-state index in [0.717, 1.165) is 38.5 Å². The summed E-state index contributed by atoms with van der Waals surface area (Å²) in [5.41, 5.74) is 0. The normalized spacial score (nSPS) is 13.4. The summed E-state index contributed by atoms with van der Waals surface area (Å²) in [5.74, 6) is -0.140. The summed E-state index contributed by atoms with van der Waals surface area (Å²) in [6.45, 7) is 4.17. The van der Waals surface area contributed by atoms with Gasteiger partial charge in [-0.1, -0.05) is 258 Å².